The van der Waals surface area contributed by atoms with E-state index in [0.29, 0.717) is 0 Å². The minimum atomic E-state index is -1.10. The quantitative estimate of drug-likeness (QED) is 0.718. The third kappa shape index (κ3) is 3.68. The number of carbonyl (C=O) groups is 2. The molecule has 0 spiro atoms. The van der Waals surface area contributed by atoms with Gasteiger partial charge in [0.2, 0.25) is 5.91 Å². The lowest BCUT2D eigenvalue weighted by molar-refractivity contribution is -0.131. The summed E-state index contributed by atoms with van der Waals surface area (Å²) in [6, 6.07) is 0.146. The van der Waals surface area contributed by atoms with Crippen LogP contribution in [-0.4, -0.2) is 23.0 Å². The first-order chi connectivity index (χ1) is 7.42. The second-order valence-electron chi connectivity index (χ2n) is 4.97. The summed E-state index contributed by atoms with van der Waals surface area (Å²) in [5, 5.41) is 11.3. The van der Waals surface area contributed by atoms with Crippen molar-refractivity contribution in [2.45, 2.75) is 45.6 Å². The highest BCUT2D eigenvalue weighted by Crippen LogP contribution is 2.35. The van der Waals surface area contributed by atoms with Gasteiger partial charge in [-0.1, -0.05) is 26.7 Å². The molecule has 4 nitrogen and oxygen atoms in total. The molecule has 0 aromatic heterocycles. The van der Waals surface area contributed by atoms with E-state index in [1.54, 1.807) is 0 Å². The first-order valence-corrected chi connectivity index (χ1v) is 5.63. The Bertz CT molecular complexity index is 307. The van der Waals surface area contributed by atoms with Crippen molar-refractivity contribution < 1.29 is 14.7 Å². The van der Waals surface area contributed by atoms with Crippen LogP contribution in [0.25, 0.3) is 0 Å². The zero-order valence-corrected chi connectivity index (χ0v) is 9.82. The van der Waals surface area contributed by atoms with Gasteiger partial charge in [0.25, 0.3) is 0 Å². The van der Waals surface area contributed by atoms with Crippen LogP contribution in [0.3, 0.4) is 0 Å². The van der Waals surface area contributed by atoms with Gasteiger partial charge in [0, 0.05) is 18.2 Å². The fourth-order valence-electron chi connectivity index (χ4n) is 2.13. The fourth-order valence-corrected chi connectivity index (χ4v) is 2.13. The predicted molar refractivity (Wildman–Crippen MR) is 61.0 cm³/mol. The maximum atomic E-state index is 11.4. The molecule has 0 bridgehead atoms. The van der Waals surface area contributed by atoms with Crippen molar-refractivity contribution in [3.8, 4) is 0 Å². The van der Waals surface area contributed by atoms with Crippen LogP contribution in [0.4, 0.5) is 0 Å². The summed E-state index contributed by atoms with van der Waals surface area (Å²) in [5.74, 6) is -1.42. The van der Waals surface area contributed by atoms with Gasteiger partial charge in [-0.25, -0.2) is 4.79 Å². The van der Waals surface area contributed by atoms with E-state index in [2.05, 4.69) is 19.2 Å². The number of amides is 1. The Labute approximate surface area is 95.7 Å². The largest absolute Gasteiger partial charge is 0.478 e. The highest BCUT2D eigenvalue weighted by Gasteiger charge is 2.32. The minimum absolute atomic E-state index is 0.102. The Hall–Kier alpha value is -1.32. The van der Waals surface area contributed by atoms with Crippen LogP contribution < -0.4 is 5.32 Å². The maximum Gasteiger partial charge on any atom is 0.328 e. The molecule has 1 amide bonds. The van der Waals surface area contributed by atoms with Crippen molar-refractivity contribution in [1.29, 1.82) is 0 Å². The molecule has 90 valence electrons. The molecule has 2 N–H and O–H groups in total. The molecule has 1 fully saturated rings. The van der Waals surface area contributed by atoms with Gasteiger partial charge in [-0.15, -0.1) is 0 Å². The summed E-state index contributed by atoms with van der Waals surface area (Å²) in [5.41, 5.74) is 0.102. The summed E-state index contributed by atoms with van der Waals surface area (Å²) in [7, 11) is 0. The summed E-state index contributed by atoms with van der Waals surface area (Å²) in [6.07, 6.45) is 6.33. The number of aliphatic carboxylic acids is 1. The third-order valence-electron chi connectivity index (χ3n) is 3.20. The molecule has 1 aliphatic rings. The van der Waals surface area contributed by atoms with Gasteiger partial charge < -0.3 is 10.4 Å². The minimum Gasteiger partial charge on any atom is -0.478 e. The molecule has 0 saturated heterocycles. The average Bonchev–Trinajstić information content (AvgIpc) is 2.18. The van der Waals surface area contributed by atoms with E-state index in [0.717, 1.165) is 31.4 Å². The van der Waals surface area contributed by atoms with E-state index >= 15 is 0 Å². The van der Waals surface area contributed by atoms with Crippen LogP contribution in [-0.2, 0) is 9.59 Å². The van der Waals surface area contributed by atoms with Gasteiger partial charge >= 0.3 is 5.97 Å². The van der Waals surface area contributed by atoms with Crippen molar-refractivity contribution in [3.63, 3.8) is 0 Å². The van der Waals surface area contributed by atoms with Crippen LogP contribution in [0.5, 0.6) is 0 Å². The van der Waals surface area contributed by atoms with E-state index in [9.17, 15) is 9.59 Å². The summed E-state index contributed by atoms with van der Waals surface area (Å²) >= 11 is 0. The Morgan fingerprint density at radius 2 is 2.00 bits per heavy atom. The molecule has 4 heteroatoms. The molecule has 0 aromatic rings. The fraction of sp³-hybridized carbons (Fsp3) is 0.667. The Balaban J connectivity index is 2.52. The number of carboxylic acid groups (broad SMARTS) is 1. The second kappa shape index (κ2) is 5.14. The molecule has 1 unspecified atom stereocenters. The van der Waals surface area contributed by atoms with Crippen molar-refractivity contribution in [2.24, 2.45) is 5.41 Å². The van der Waals surface area contributed by atoms with Crippen LogP contribution in [0.15, 0.2) is 12.2 Å². The Morgan fingerprint density at radius 3 is 2.56 bits per heavy atom. The van der Waals surface area contributed by atoms with Gasteiger partial charge in [-0.3, -0.25) is 4.79 Å². The van der Waals surface area contributed by atoms with Gasteiger partial charge in [0.05, 0.1) is 0 Å². The average molecular weight is 225 g/mol. The van der Waals surface area contributed by atoms with Gasteiger partial charge in [-0.2, -0.15) is 0 Å². The summed E-state index contributed by atoms with van der Waals surface area (Å²) in [4.78, 5) is 21.7. The normalized spacial score (nSPS) is 24.2. The summed E-state index contributed by atoms with van der Waals surface area (Å²) < 4.78 is 0. The number of carboxylic acids is 1. The standard InChI is InChI=1S/C12H19NO3/c1-12(2)8-4-3-5-9(12)13-10(14)6-7-11(15)16/h6-7,9H,3-5,8H2,1-2H3,(H,13,14)(H,15,16). The van der Waals surface area contributed by atoms with Crippen molar-refractivity contribution >= 4 is 11.9 Å². The molecule has 16 heavy (non-hydrogen) atoms. The van der Waals surface area contributed by atoms with Crippen LogP contribution in [0.2, 0.25) is 0 Å². The second-order valence-corrected chi connectivity index (χ2v) is 4.97. The van der Waals surface area contributed by atoms with E-state index in [1.165, 1.54) is 6.42 Å². The SMILES string of the molecule is CC1(C)CCCCC1NC(=O)C=CC(=O)O. The molecule has 1 aliphatic carbocycles. The summed E-state index contributed by atoms with van der Waals surface area (Å²) in [6.45, 7) is 4.27. The van der Waals surface area contributed by atoms with Crippen molar-refractivity contribution in [3.05, 3.63) is 12.2 Å². The predicted octanol–water partition coefficient (Wildman–Crippen LogP) is 1.71. The molecular weight excluding hydrogens is 206 g/mol. The van der Waals surface area contributed by atoms with Crippen LogP contribution in [0, 0.1) is 5.41 Å². The third-order valence-corrected chi connectivity index (χ3v) is 3.20. The smallest absolute Gasteiger partial charge is 0.328 e. The molecule has 0 radical (unpaired) electrons. The number of hydrogen-bond acceptors (Lipinski definition) is 2. The van der Waals surface area contributed by atoms with E-state index in [4.69, 9.17) is 5.11 Å². The Morgan fingerprint density at radius 1 is 1.31 bits per heavy atom. The molecule has 0 aromatic carbocycles. The van der Waals surface area contributed by atoms with Crippen LogP contribution in [0.1, 0.15) is 39.5 Å². The molecule has 0 heterocycles. The molecular formula is C12H19NO3. The molecule has 0 aliphatic heterocycles. The zero-order valence-electron chi connectivity index (χ0n) is 9.82. The maximum absolute atomic E-state index is 11.4. The lowest BCUT2D eigenvalue weighted by Crippen LogP contribution is -2.46. The topological polar surface area (TPSA) is 66.4 Å². The first kappa shape index (κ1) is 12.7. The number of rotatable bonds is 3. The molecule has 1 atom stereocenters. The van der Waals surface area contributed by atoms with Gasteiger partial charge in [0.1, 0.15) is 0 Å². The molecule has 1 saturated carbocycles. The highest BCUT2D eigenvalue weighted by atomic mass is 16.4. The van der Waals surface area contributed by atoms with E-state index in [1.807, 2.05) is 0 Å². The van der Waals surface area contributed by atoms with E-state index < -0.39 is 5.97 Å². The lowest BCUT2D eigenvalue weighted by atomic mass is 9.73. The number of nitrogens with one attached hydrogen (secondary N) is 1. The zero-order chi connectivity index (χ0) is 12.2. The number of hydrogen-bond donors (Lipinski definition) is 2. The highest BCUT2D eigenvalue weighted by molar-refractivity contribution is 5.94. The monoisotopic (exact) mass is 225 g/mol. The lowest BCUT2D eigenvalue weighted by Gasteiger charge is -2.38. The van der Waals surface area contributed by atoms with E-state index in [-0.39, 0.29) is 17.4 Å². The molecule has 1 rings (SSSR count). The van der Waals surface area contributed by atoms with Crippen LogP contribution >= 0.6 is 0 Å². The Kier molecular flexibility index (Phi) is 4.10. The first-order valence-electron chi connectivity index (χ1n) is 5.63. The van der Waals surface area contributed by atoms with Gasteiger partial charge in [0.15, 0.2) is 0 Å². The van der Waals surface area contributed by atoms with Crippen molar-refractivity contribution in [1.82, 2.24) is 5.32 Å². The van der Waals surface area contributed by atoms with Gasteiger partial charge in [-0.05, 0) is 18.3 Å². The number of carbonyl (C=O) groups excluding carboxylic acids is 1. The van der Waals surface area contributed by atoms with Crippen molar-refractivity contribution in [2.75, 3.05) is 0 Å².